The molecule has 1 saturated heterocycles. The monoisotopic (exact) mass is 388 g/mol. The van der Waals surface area contributed by atoms with Crippen LogP contribution in [0, 0.1) is 0 Å². The van der Waals surface area contributed by atoms with E-state index in [2.05, 4.69) is 6.92 Å². The first kappa shape index (κ1) is 19.0. The molecule has 1 heterocycles. The lowest BCUT2D eigenvalue weighted by molar-refractivity contribution is 0.0534. The first-order valence-corrected chi connectivity index (χ1v) is 9.96. The molecule has 0 aliphatic carbocycles. The average Bonchev–Trinajstić information content (AvgIpc) is 2.78. The van der Waals surface area contributed by atoms with E-state index < -0.39 is 0 Å². The predicted molar refractivity (Wildman–Crippen MR) is 113 cm³/mol. The molecule has 1 aliphatic heterocycles. The third kappa shape index (κ3) is 3.81. The van der Waals surface area contributed by atoms with Crippen LogP contribution in [0.3, 0.4) is 0 Å². The van der Waals surface area contributed by atoms with Crippen LogP contribution in [0.25, 0.3) is 10.8 Å². The van der Waals surface area contributed by atoms with Crippen molar-refractivity contribution < 1.29 is 14.7 Å². The van der Waals surface area contributed by atoms with Crippen molar-refractivity contribution in [3.63, 3.8) is 0 Å². The van der Waals surface area contributed by atoms with Crippen molar-refractivity contribution in [1.82, 2.24) is 9.80 Å². The minimum atomic E-state index is -0.201. The Morgan fingerprint density at radius 3 is 1.97 bits per heavy atom. The van der Waals surface area contributed by atoms with Gasteiger partial charge in [-0.05, 0) is 47.0 Å². The van der Waals surface area contributed by atoms with Gasteiger partial charge in [-0.15, -0.1) is 0 Å². The highest BCUT2D eigenvalue weighted by Crippen LogP contribution is 2.26. The van der Waals surface area contributed by atoms with E-state index >= 15 is 0 Å². The molecule has 5 heteroatoms. The molecule has 0 atom stereocenters. The zero-order valence-electron chi connectivity index (χ0n) is 16.5. The molecule has 29 heavy (non-hydrogen) atoms. The van der Waals surface area contributed by atoms with Crippen LogP contribution >= 0.6 is 0 Å². The number of phenolic OH excluding ortho intramolecular Hbond substituents is 1. The van der Waals surface area contributed by atoms with Crippen molar-refractivity contribution >= 4 is 22.6 Å². The van der Waals surface area contributed by atoms with E-state index in [0.717, 1.165) is 17.2 Å². The number of amides is 2. The van der Waals surface area contributed by atoms with Gasteiger partial charge in [0.25, 0.3) is 11.8 Å². The Kier molecular flexibility index (Phi) is 5.21. The predicted octanol–water partition coefficient (Wildman–Crippen LogP) is 3.71. The topological polar surface area (TPSA) is 60.9 Å². The number of fused-ring (bicyclic) bond motifs is 1. The maximum absolute atomic E-state index is 12.9. The highest BCUT2D eigenvalue weighted by molar-refractivity contribution is 6.01. The van der Waals surface area contributed by atoms with Gasteiger partial charge in [0.05, 0.1) is 5.56 Å². The second-order valence-corrected chi connectivity index (χ2v) is 7.35. The SMILES string of the molecule is CCc1ccc(C(=O)N2CCN(C(=O)c3cc4ccccc4cc3O)CC2)cc1. The number of piperazine rings is 1. The van der Waals surface area contributed by atoms with Crippen LogP contribution in [0.5, 0.6) is 5.75 Å². The van der Waals surface area contributed by atoms with Crippen molar-refractivity contribution in [1.29, 1.82) is 0 Å². The molecule has 0 aromatic heterocycles. The van der Waals surface area contributed by atoms with E-state index in [9.17, 15) is 14.7 Å². The minimum absolute atomic E-state index is 0.00620. The van der Waals surface area contributed by atoms with Gasteiger partial charge in [0.15, 0.2) is 0 Å². The van der Waals surface area contributed by atoms with Gasteiger partial charge in [-0.3, -0.25) is 9.59 Å². The number of aromatic hydroxyl groups is 1. The van der Waals surface area contributed by atoms with Gasteiger partial charge >= 0.3 is 0 Å². The number of rotatable bonds is 3. The van der Waals surface area contributed by atoms with Crippen LogP contribution in [0.2, 0.25) is 0 Å². The summed E-state index contributed by atoms with van der Waals surface area (Å²) in [5.74, 6) is -0.218. The van der Waals surface area contributed by atoms with Crippen molar-refractivity contribution in [2.24, 2.45) is 0 Å². The van der Waals surface area contributed by atoms with E-state index in [4.69, 9.17) is 0 Å². The maximum atomic E-state index is 12.9. The Hall–Kier alpha value is -3.34. The van der Waals surface area contributed by atoms with Crippen LogP contribution in [0.4, 0.5) is 0 Å². The Labute approximate surface area is 170 Å². The van der Waals surface area contributed by atoms with Crippen molar-refractivity contribution in [2.75, 3.05) is 26.2 Å². The van der Waals surface area contributed by atoms with Gasteiger partial charge in [-0.1, -0.05) is 43.3 Å². The lowest BCUT2D eigenvalue weighted by Gasteiger charge is -2.35. The highest BCUT2D eigenvalue weighted by Gasteiger charge is 2.27. The number of carbonyl (C=O) groups is 2. The number of hydrogen-bond donors (Lipinski definition) is 1. The fourth-order valence-corrected chi connectivity index (χ4v) is 3.75. The van der Waals surface area contributed by atoms with E-state index in [1.807, 2.05) is 48.5 Å². The summed E-state index contributed by atoms with van der Waals surface area (Å²) in [5.41, 5.74) is 2.18. The van der Waals surface area contributed by atoms with Crippen molar-refractivity contribution in [3.05, 3.63) is 77.4 Å². The average molecular weight is 388 g/mol. The standard InChI is InChI=1S/C24H24N2O3/c1-2-17-7-9-18(10-8-17)23(28)25-11-13-26(14-12-25)24(29)21-15-19-5-3-4-6-20(19)16-22(21)27/h3-10,15-16,27H,2,11-14H2,1H3. The molecular weight excluding hydrogens is 364 g/mol. The molecule has 0 spiro atoms. The number of benzene rings is 3. The van der Waals surface area contributed by atoms with Gasteiger partial charge < -0.3 is 14.9 Å². The molecular formula is C24H24N2O3. The van der Waals surface area contributed by atoms with Gasteiger partial charge in [-0.25, -0.2) is 0 Å². The minimum Gasteiger partial charge on any atom is -0.507 e. The van der Waals surface area contributed by atoms with Gasteiger partial charge in [0.1, 0.15) is 5.75 Å². The van der Waals surface area contributed by atoms with Gasteiger partial charge in [0, 0.05) is 31.7 Å². The Balaban J connectivity index is 1.44. The van der Waals surface area contributed by atoms with Crippen LogP contribution in [-0.4, -0.2) is 52.9 Å². The van der Waals surface area contributed by atoms with Gasteiger partial charge in [0.2, 0.25) is 0 Å². The molecule has 0 saturated carbocycles. The van der Waals surface area contributed by atoms with Crippen LogP contribution < -0.4 is 0 Å². The molecule has 1 aliphatic rings. The fraction of sp³-hybridized carbons (Fsp3) is 0.250. The Morgan fingerprint density at radius 2 is 1.38 bits per heavy atom. The number of nitrogens with zero attached hydrogens (tertiary/aromatic N) is 2. The highest BCUT2D eigenvalue weighted by atomic mass is 16.3. The van der Waals surface area contributed by atoms with E-state index in [1.165, 1.54) is 5.56 Å². The Morgan fingerprint density at radius 1 is 0.828 bits per heavy atom. The molecule has 4 rings (SSSR count). The second kappa shape index (κ2) is 7.95. The van der Waals surface area contributed by atoms with Crippen molar-refractivity contribution in [2.45, 2.75) is 13.3 Å². The molecule has 0 unspecified atom stereocenters. The molecule has 3 aromatic rings. The lowest BCUT2D eigenvalue weighted by Crippen LogP contribution is -2.50. The Bertz CT molecular complexity index is 1050. The molecule has 0 radical (unpaired) electrons. The molecule has 5 nitrogen and oxygen atoms in total. The number of phenols is 1. The number of carbonyl (C=O) groups excluding carboxylic acids is 2. The summed E-state index contributed by atoms with van der Waals surface area (Å²) in [6.07, 6.45) is 0.941. The third-order valence-corrected chi connectivity index (χ3v) is 5.56. The van der Waals surface area contributed by atoms with E-state index in [1.54, 1.807) is 21.9 Å². The molecule has 1 N–H and O–H groups in total. The summed E-state index contributed by atoms with van der Waals surface area (Å²) in [6, 6.07) is 18.7. The molecule has 148 valence electrons. The van der Waals surface area contributed by atoms with Crippen LogP contribution in [-0.2, 0) is 6.42 Å². The zero-order valence-corrected chi connectivity index (χ0v) is 16.5. The summed E-state index contributed by atoms with van der Waals surface area (Å²) in [5, 5.41) is 12.1. The van der Waals surface area contributed by atoms with E-state index in [0.29, 0.717) is 37.3 Å². The smallest absolute Gasteiger partial charge is 0.257 e. The van der Waals surface area contributed by atoms with Crippen molar-refractivity contribution in [3.8, 4) is 5.75 Å². The maximum Gasteiger partial charge on any atom is 0.257 e. The fourth-order valence-electron chi connectivity index (χ4n) is 3.75. The van der Waals surface area contributed by atoms with Crippen LogP contribution in [0.1, 0.15) is 33.2 Å². The molecule has 2 amide bonds. The largest absolute Gasteiger partial charge is 0.507 e. The quantitative estimate of drug-likeness (QED) is 0.744. The van der Waals surface area contributed by atoms with Gasteiger partial charge in [-0.2, -0.15) is 0 Å². The third-order valence-electron chi connectivity index (χ3n) is 5.56. The van der Waals surface area contributed by atoms with E-state index in [-0.39, 0.29) is 17.6 Å². The molecule has 1 fully saturated rings. The number of aryl methyl sites for hydroxylation is 1. The summed E-state index contributed by atoms with van der Waals surface area (Å²) < 4.78 is 0. The summed E-state index contributed by atoms with van der Waals surface area (Å²) in [6.45, 7) is 3.94. The zero-order chi connectivity index (χ0) is 20.4. The first-order chi connectivity index (χ1) is 14.1. The summed E-state index contributed by atoms with van der Waals surface area (Å²) in [4.78, 5) is 29.2. The summed E-state index contributed by atoms with van der Waals surface area (Å²) in [7, 11) is 0. The summed E-state index contributed by atoms with van der Waals surface area (Å²) >= 11 is 0. The molecule has 0 bridgehead atoms. The molecule has 3 aromatic carbocycles. The first-order valence-electron chi connectivity index (χ1n) is 9.96. The van der Waals surface area contributed by atoms with Crippen LogP contribution in [0.15, 0.2) is 60.7 Å². The second-order valence-electron chi connectivity index (χ2n) is 7.35. The lowest BCUT2D eigenvalue weighted by atomic mass is 10.0. The number of hydrogen-bond acceptors (Lipinski definition) is 3. The normalized spacial score (nSPS) is 14.2.